The van der Waals surface area contributed by atoms with Crippen molar-refractivity contribution in [3.8, 4) is 0 Å². The van der Waals surface area contributed by atoms with Gasteiger partial charge in [-0.2, -0.15) is 0 Å². The lowest BCUT2D eigenvalue weighted by Gasteiger charge is -2.16. The largest absolute Gasteiger partial charge is 0.433 e. The van der Waals surface area contributed by atoms with Crippen LogP contribution in [0.1, 0.15) is 11.3 Å². The van der Waals surface area contributed by atoms with Crippen molar-refractivity contribution in [2.75, 3.05) is 4.90 Å². The molecule has 6 nitrogen and oxygen atoms in total. The second kappa shape index (κ2) is 5.98. The van der Waals surface area contributed by atoms with Crippen LogP contribution < -0.4 is 4.90 Å². The molecule has 116 valence electrons. The Bertz CT molecular complexity index is 857. The number of hydrogen-bond acceptors (Lipinski definition) is 6. The number of thioether (sulfide) groups is 1. The lowest BCUT2D eigenvalue weighted by Crippen LogP contribution is -2.28. The standard InChI is InChI=1S/C15H10N2O4S2/c1-9-4-2-3-5-11(9)16-14(18)12(23-15(16)22)8-10-6-7-13(21-10)17(19)20/h2-8H,1H3. The normalized spacial score (nSPS) is 16.4. The predicted octanol–water partition coefficient (Wildman–Crippen LogP) is 3.90. The molecule has 0 bridgehead atoms. The van der Waals surface area contributed by atoms with Gasteiger partial charge in [-0.25, -0.2) is 0 Å². The van der Waals surface area contributed by atoms with E-state index in [0.717, 1.165) is 23.0 Å². The molecule has 1 aliphatic rings. The number of hydrogen-bond donors (Lipinski definition) is 0. The third-order valence-corrected chi connectivity index (χ3v) is 4.52. The molecule has 0 unspecified atom stereocenters. The Kier molecular flexibility index (Phi) is 4.01. The minimum Gasteiger partial charge on any atom is -0.401 e. The average molecular weight is 346 g/mol. The highest BCUT2D eigenvalue weighted by molar-refractivity contribution is 8.27. The first kappa shape index (κ1) is 15.4. The number of anilines is 1. The zero-order valence-corrected chi connectivity index (χ0v) is 13.5. The molecule has 2 heterocycles. The maximum atomic E-state index is 12.6. The van der Waals surface area contributed by atoms with E-state index in [2.05, 4.69) is 0 Å². The van der Waals surface area contributed by atoms with Gasteiger partial charge in [0.25, 0.3) is 5.91 Å². The van der Waals surface area contributed by atoms with E-state index in [9.17, 15) is 14.9 Å². The van der Waals surface area contributed by atoms with Gasteiger partial charge in [0.15, 0.2) is 4.32 Å². The molecule has 0 N–H and O–H groups in total. The van der Waals surface area contributed by atoms with Gasteiger partial charge in [0, 0.05) is 6.08 Å². The first-order valence-electron chi connectivity index (χ1n) is 6.55. The number of nitrogens with zero attached hydrogens (tertiary/aromatic N) is 2. The van der Waals surface area contributed by atoms with E-state index in [0.29, 0.717) is 9.23 Å². The SMILES string of the molecule is Cc1ccccc1N1C(=O)C(=Cc2ccc([N+](=O)[O-])o2)SC1=S. The highest BCUT2D eigenvalue weighted by Crippen LogP contribution is 2.37. The van der Waals surface area contributed by atoms with Crippen molar-refractivity contribution in [1.29, 1.82) is 0 Å². The Hall–Kier alpha value is -2.45. The molecule has 3 rings (SSSR count). The molecule has 0 saturated carbocycles. The van der Waals surface area contributed by atoms with Crippen molar-refractivity contribution in [2.45, 2.75) is 6.92 Å². The Balaban J connectivity index is 1.93. The minimum absolute atomic E-state index is 0.238. The van der Waals surface area contributed by atoms with Crippen LogP contribution >= 0.6 is 24.0 Å². The van der Waals surface area contributed by atoms with Gasteiger partial charge >= 0.3 is 5.88 Å². The zero-order chi connectivity index (χ0) is 16.6. The fourth-order valence-electron chi connectivity index (χ4n) is 2.14. The fourth-order valence-corrected chi connectivity index (χ4v) is 3.40. The fraction of sp³-hybridized carbons (Fsp3) is 0.0667. The van der Waals surface area contributed by atoms with Crippen molar-refractivity contribution in [2.24, 2.45) is 0 Å². The monoisotopic (exact) mass is 346 g/mol. The molecular weight excluding hydrogens is 336 g/mol. The predicted molar refractivity (Wildman–Crippen MR) is 92.2 cm³/mol. The Morgan fingerprint density at radius 2 is 2.04 bits per heavy atom. The molecule has 0 atom stereocenters. The smallest absolute Gasteiger partial charge is 0.401 e. The molecule has 0 radical (unpaired) electrons. The number of para-hydroxylation sites is 1. The summed E-state index contributed by atoms with van der Waals surface area (Å²) in [4.78, 5) is 24.4. The lowest BCUT2D eigenvalue weighted by atomic mass is 10.2. The topological polar surface area (TPSA) is 76.6 Å². The number of carbonyl (C=O) groups is 1. The number of furan rings is 1. The van der Waals surface area contributed by atoms with E-state index in [1.165, 1.54) is 23.1 Å². The molecule has 0 aliphatic carbocycles. The van der Waals surface area contributed by atoms with E-state index in [4.69, 9.17) is 16.6 Å². The Morgan fingerprint density at radius 3 is 2.70 bits per heavy atom. The lowest BCUT2D eigenvalue weighted by molar-refractivity contribution is -0.402. The van der Waals surface area contributed by atoms with Gasteiger partial charge < -0.3 is 4.42 Å². The number of benzene rings is 1. The van der Waals surface area contributed by atoms with Gasteiger partial charge in [-0.3, -0.25) is 19.8 Å². The molecule has 1 fully saturated rings. The van der Waals surface area contributed by atoms with Gasteiger partial charge in [-0.15, -0.1) is 0 Å². The number of thiocarbonyl (C=S) groups is 1. The molecule has 1 aliphatic heterocycles. The third kappa shape index (κ3) is 2.90. The quantitative estimate of drug-likeness (QED) is 0.363. The summed E-state index contributed by atoms with van der Waals surface area (Å²) < 4.78 is 5.47. The first-order chi connectivity index (χ1) is 11.0. The van der Waals surface area contributed by atoms with Gasteiger partial charge in [-0.1, -0.05) is 42.2 Å². The van der Waals surface area contributed by atoms with E-state index < -0.39 is 4.92 Å². The molecule has 1 aromatic carbocycles. The summed E-state index contributed by atoms with van der Waals surface area (Å²) in [6.07, 6.45) is 1.46. The summed E-state index contributed by atoms with van der Waals surface area (Å²) in [5, 5.41) is 10.6. The van der Waals surface area contributed by atoms with Crippen LogP contribution in [0.25, 0.3) is 6.08 Å². The summed E-state index contributed by atoms with van der Waals surface area (Å²) in [7, 11) is 0. The number of nitro groups is 1. The summed E-state index contributed by atoms with van der Waals surface area (Å²) in [6, 6.07) is 10.1. The van der Waals surface area contributed by atoms with Crippen molar-refractivity contribution >= 4 is 51.9 Å². The molecule has 1 saturated heterocycles. The van der Waals surface area contributed by atoms with Crippen LogP contribution in [-0.2, 0) is 4.79 Å². The van der Waals surface area contributed by atoms with E-state index in [-0.39, 0.29) is 17.6 Å². The van der Waals surface area contributed by atoms with Crippen molar-refractivity contribution in [3.05, 3.63) is 62.7 Å². The van der Waals surface area contributed by atoms with Crippen LogP contribution in [0.15, 0.2) is 45.7 Å². The summed E-state index contributed by atoms with van der Waals surface area (Å²) in [5.74, 6) is -0.402. The highest BCUT2D eigenvalue weighted by Gasteiger charge is 2.34. The van der Waals surface area contributed by atoms with Crippen LogP contribution in [0, 0.1) is 17.0 Å². The molecule has 0 spiro atoms. The van der Waals surface area contributed by atoms with E-state index in [1.54, 1.807) is 0 Å². The Morgan fingerprint density at radius 1 is 1.30 bits per heavy atom. The maximum absolute atomic E-state index is 12.6. The molecule has 23 heavy (non-hydrogen) atoms. The van der Waals surface area contributed by atoms with Crippen molar-refractivity contribution in [3.63, 3.8) is 0 Å². The molecule has 2 aromatic rings. The van der Waals surface area contributed by atoms with Gasteiger partial charge in [-0.05, 0) is 24.6 Å². The van der Waals surface area contributed by atoms with Gasteiger partial charge in [0.05, 0.1) is 16.7 Å². The highest BCUT2D eigenvalue weighted by atomic mass is 32.2. The summed E-state index contributed by atoms with van der Waals surface area (Å²) in [6.45, 7) is 1.90. The summed E-state index contributed by atoms with van der Waals surface area (Å²) >= 11 is 6.42. The van der Waals surface area contributed by atoms with Crippen LogP contribution in [0.2, 0.25) is 0 Å². The van der Waals surface area contributed by atoms with E-state index >= 15 is 0 Å². The van der Waals surface area contributed by atoms with Gasteiger partial charge in [0.1, 0.15) is 10.7 Å². The number of rotatable bonds is 3. The second-order valence-electron chi connectivity index (χ2n) is 4.74. The molecule has 1 amide bonds. The van der Waals surface area contributed by atoms with Crippen molar-refractivity contribution in [1.82, 2.24) is 0 Å². The molecule has 1 aromatic heterocycles. The van der Waals surface area contributed by atoms with Crippen LogP contribution in [-0.4, -0.2) is 15.2 Å². The zero-order valence-electron chi connectivity index (χ0n) is 11.9. The van der Waals surface area contributed by atoms with Crippen LogP contribution in [0.3, 0.4) is 0 Å². The summed E-state index contributed by atoms with van der Waals surface area (Å²) in [5.41, 5.74) is 1.66. The molecular formula is C15H10N2O4S2. The van der Waals surface area contributed by atoms with Crippen LogP contribution in [0.5, 0.6) is 0 Å². The first-order valence-corrected chi connectivity index (χ1v) is 7.77. The number of amides is 1. The maximum Gasteiger partial charge on any atom is 0.433 e. The van der Waals surface area contributed by atoms with E-state index in [1.807, 2.05) is 31.2 Å². The second-order valence-corrected chi connectivity index (χ2v) is 6.41. The average Bonchev–Trinajstić information content (AvgIpc) is 3.07. The number of carbonyl (C=O) groups excluding carboxylic acids is 1. The molecule has 8 heteroatoms. The minimum atomic E-state index is -0.629. The van der Waals surface area contributed by atoms with Crippen molar-refractivity contribution < 1.29 is 14.1 Å². The Labute approximate surface area is 140 Å². The number of aryl methyl sites for hydroxylation is 1. The van der Waals surface area contributed by atoms with Gasteiger partial charge in [0.2, 0.25) is 0 Å². The van der Waals surface area contributed by atoms with Crippen LogP contribution in [0.4, 0.5) is 11.6 Å². The third-order valence-electron chi connectivity index (χ3n) is 3.22.